The summed E-state index contributed by atoms with van der Waals surface area (Å²) in [6, 6.07) is 12.1. The van der Waals surface area contributed by atoms with E-state index in [9.17, 15) is 14.9 Å². The first kappa shape index (κ1) is 24.1. The highest BCUT2D eigenvalue weighted by atomic mass is 19.1. The van der Waals surface area contributed by atoms with E-state index in [4.69, 9.17) is 5.73 Å². The molecule has 2 atom stereocenters. The number of rotatable bonds is 9. The fourth-order valence-corrected chi connectivity index (χ4v) is 4.49. The number of likely N-dealkylation sites (tertiary alicyclic amines) is 1. The van der Waals surface area contributed by atoms with Crippen LogP contribution >= 0.6 is 0 Å². The Morgan fingerprint density at radius 1 is 1.34 bits per heavy atom. The standard InChI is InChI=1S/C24H27FN8O2/c1-2-32-11-7-20(29-32)18-5-3-17(4-6-18)13-31-12-9-24(8-10-26,21(25)15-31)33-14-19(22(27)35)23(30-33)28-16-34/h3-7,11,14,16,21H,2,8-9,12-13,15H2,1H3,(H2,27,35)(H,28,30,34). The van der Waals surface area contributed by atoms with E-state index in [0.717, 1.165) is 23.4 Å². The van der Waals surface area contributed by atoms with Gasteiger partial charge in [0, 0.05) is 44.1 Å². The maximum atomic E-state index is 15.7. The van der Waals surface area contributed by atoms with Crippen molar-refractivity contribution in [3.05, 3.63) is 53.9 Å². The van der Waals surface area contributed by atoms with Crippen molar-refractivity contribution in [2.75, 3.05) is 18.4 Å². The molecule has 0 radical (unpaired) electrons. The molecule has 1 aromatic carbocycles. The number of halogens is 1. The van der Waals surface area contributed by atoms with Crippen LogP contribution in [0.1, 0.15) is 35.7 Å². The zero-order chi connectivity index (χ0) is 25.0. The molecule has 2 amide bonds. The molecule has 182 valence electrons. The number of aromatic nitrogens is 4. The number of nitrogens with two attached hydrogens (primary N) is 1. The minimum Gasteiger partial charge on any atom is -0.365 e. The number of alkyl halides is 1. The number of primary amides is 1. The van der Waals surface area contributed by atoms with Crippen LogP contribution in [0.5, 0.6) is 0 Å². The first-order chi connectivity index (χ1) is 16.9. The number of aryl methyl sites for hydroxylation is 1. The number of nitrogens with one attached hydrogen (secondary N) is 1. The van der Waals surface area contributed by atoms with Crippen LogP contribution in [0.3, 0.4) is 0 Å². The molecule has 11 heteroatoms. The van der Waals surface area contributed by atoms with Crippen molar-refractivity contribution in [1.29, 1.82) is 5.26 Å². The molecule has 0 aliphatic carbocycles. The summed E-state index contributed by atoms with van der Waals surface area (Å²) in [7, 11) is 0. The van der Waals surface area contributed by atoms with E-state index in [1.54, 1.807) is 0 Å². The molecule has 35 heavy (non-hydrogen) atoms. The normalized spacial score (nSPS) is 20.3. The molecule has 0 bridgehead atoms. The second kappa shape index (κ2) is 10.1. The summed E-state index contributed by atoms with van der Waals surface area (Å²) in [5.41, 5.74) is 7.04. The highest BCUT2D eigenvalue weighted by Gasteiger charge is 2.46. The van der Waals surface area contributed by atoms with Gasteiger partial charge in [0.05, 0.1) is 18.2 Å². The number of carbonyl (C=O) groups excluding carboxylic acids is 2. The molecule has 4 rings (SSSR count). The SMILES string of the molecule is CCn1ccc(-c2ccc(CN3CCC(CC#N)(n4cc(C(N)=O)c(NC=O)n4)C(F)C3)cc2)n1. The van der Waals surface area contributed by atoms with Crippen LogP contribution in [0.25, 0.3) is 11.3 Å². The van der Waals surface area contributed by atoms with Crippen LogP contribution < -0.4 is 11.1 Å². The molecule has 1 aliphatic heterocycles. The van der Waals surface area contributed by atoms with E-state index < -0.39 is 17.6 Å². The molecule has 1 fully saturated rings. The summed E-state index contributed by atoms with van der Waals surface area (Å²) in [4.78, 5) is 24.6. The Morgan fingerprint density at radius 2 is 2.11 bits per heavy atom. The molecule has 2 aromatic heterocycles. The van der Waals surface area contributed by atoms with Gasteiger partial charge in [0.15, 0.2) is 5.82 Å². The topological polar surface area (TPSA) is 135 Å². The second-order valence-corrected chi connectivity index (χ2v) is 8.61. The Bertz CT molecular complexity index is 1250. The Labute approximate surface area is 202 Å². The van der Waals surface area contributed by atoms with Crippen LogP contribution in [0.4, 0.5) is 10.2 Å². The van der Waals surface area contributed by atoms with E-state index in [-0.39, 0.29) is 24.3 Å². The van der Waals surface area contributed by atoms with E-state index in [2.05, 4.69) is 21.6 Å². The molecule has 0 saturated carbocycles. The number of carbonyl (C=O) groups is 2. The van der Waals surface area contributed by atoms with Gasteiger partial charge in [-0.2, -0.15) is 15.5 Å². The number of hydrogen-bond donors (Lipinski definition) is 2. The van der Waals surface area contributed by atoms with Gasteiger partial charge in [-0.3, -0.25) is 23.9 Å². The second-order valence-electron chi connectivity index (χ2n) is 8.61. The van der Waals surface area contributed by atoms with Gasteiger partial charge in [-0.15, -0.1) is 0 Å². The third kappa shape index (κ3) is 4.79. The number of benzene rings is 1. The average Bonchev–Trinajstić information content (AvgIpc) is 3.50. The molecule has 3 heterocycles. The summed E-state index contributed by atoms with van der Waals surface area (Å²) in [6.45, 7) is 4.00. The van der Waals surface area contributed by atoms with Crippen molar-refractivity contribution in [2.24, 2.45) is 5.73 Å². The lowest BCUT2D eigenvalue weighted by Gasteiger charge is -2.43. The lowest BCUT2D eigenvalue weighted by molar-refractivity contribution is -0.105. The summed E-state index contributed by atoms with van der Waals surface area (Å²) in [5, 5.41) is 20.5. The Kier molecular flexibility index (Phi) is 6.93. The van der Waals surface area contributed by atoms with E-state index in [1.165, 1.54) is 10.9 Å². The van der Waals surface area contributed by atoms with Crippen LogP contribution in [0.2, 0.25) is 0 Å². The zero-order valence-electron chi connectivity index (χ0n) is 19.4. The molecule has 2 unspecified atom stereocenters. The molecule has 3 aromatic rings. The third-order valence-electron chi connectivity index (χ3n) is 6.50. The summed E-state index contributed by atoms with van der Waals surface area (Å²) < 4.78 is 18.9. The minimum absolute atomic E-state index is 0.0343. The summed E-state index contributed by atoms with van der Waals surface area (Å²) >= 11 is 0. The van der Waals surface area contributed by atoms with Gasteiger partial charge in [0.25, 0.3) is 5.91 Å². The van der Waals surface area contributed by atoms with Crippen LogP contribution in [-0.2, 0) is 23.4 Å². The first-order valence-electron chi connectivity index (χ1n) is 11.4. The highest BCUT2D eigenvalue weighted by molar-refractivity contribution is 5.99. The molecular weight excluding hydrogens is 451 g/mol. The molecule has 10 nitrogen and oxygen atoms in total. The number of amides is 2. The molecule has 1 saturated heterocycles. The van der Waals surface area contributed by atoms with Crippen LogP contribution in [-0.4, -0.2) is 56.0 Å². The van der Waals surface area contributed by atoms with Gasteiger partial charge in [-0.05, 0) is 25.0 Å². The number of hydrogen-bond acceptors (Lipinski definition) is 6. The monoisotopic (exact) mass is 478 g/mol. The van der Waals surface area contributed by atoms with E-state index >= 15 is 4.39 Å². The molecule has 0 spiro atoms. The summed E-state index contributed by atoms with van der Waals surface area (Å²) in [6.07, 6.45) is 2.35. The number of anilines is 1. The maximum absolute atomic E-state index is 15.7. The lowest BCUT2D eigenvalue weighted by Crippen LogP contribution is -2.54. The van der Waals surface area contributed by atoms with Gasteiger partial charge >= 0.3 is 0 Å². The Balaban J connectivity index is 1.49. The quantitative estimate of drug-likeness (QED) is 0.453. The third-order valence-corrected chi connectivity index (χ3v) is 6.50. The Morgan fingerprint density at radius 3 is 2.71 bits per heavy atom. The van der Waals surface area contributed by atoms with Gasteiger partial charge in [0.1, 0.15) is 17.3 Å². The lowest BCUT2D eigenvalue weighted by atomic mass is 9.83. The Hall–Kier alpha value is -4.04. The zero-order valence-corrected chi connectivity index (χ0v) is 19.4. The summed E-state index contributed by atoms with van der Waals surface area (Å²) in [5.74, 6) is -0.853. The van der Waals surface area contributed by atoms with Crippen molar-refractivity contribution < 1.29 is 14.0 Å². The molecule has 3 N–H and O–H groups in total. The number of nitriles is 1. The molecule has 1 aliphatic rings. The van der Waals surface area contributed by atoms with Crippen molar-refractivity contribution in [2.45, 2.75) is 44.6 Å². The predicted molar refractivity (Wildman–Crippen MR) is 127 cm³/mol. The van der Waals surface area contributed by atoms with Gasteiger partial charge in [0.2, 0.25) is 6.41 Å². The smallest absolute Gasteiger partial charge is 0.254 e. The highest BCUT2D eigenvalue weighted by Crippen LogP contribution is 2.37. The number of piperidine rings is 1. The van der Waals surface area contributed by atoms with Crippen molar-refractivity contribution in [1.82, 2.24) is 24.5 Å². The van der Waals surface area contributed by atoms with Gasteiger partial charge in [-0.1, -0.05) is 24.3 Å². The van der Waals surface area contributed by atoms with E-state index in [1.807, 2.05) is 53.0 Å². The largest absolute Gasteiger partial charge is 0.365 e. The maximum Gasteiger partial charge on any atom is 0.254 e. The van der Waals surface area contributed by atoms with E-state index in [0.29, 0.717) is 25.9 Å². The van der Waals surface area contributed by atoms with Crippen molar-refractivity contribution in [3.63, 3.8) is 0 Å². The molecular formula is C24H27FN8O2. The number of nitrogens with zero attached hydrogens (tertiary/aromatic N) is 6. The van der Waals surface area contributed by atoms with Crippen LogP contribution in [0.15, 0.2) is 42.7 Å². The van der Waals surface area contributed by atoms with Gasteiger partial charge in [-0.25, -0.2) is 4.39 Å². The fourth-order valence-electron chi connectivity index (χ4n) is 4.49. The first-order valence-corrected chi connectivity index (χ1v) is 11.4. The van der Waals surface area contributed by atoms with Crippen LogP contribution in [0, 0.1) is 11.3 Å². The van der Waals surface area contributed by atoms with Crippen molar-refractivity contribution in [3.8, 4) is 17.3 Å². The minimum atomic E-state index is -1.43. The fraction of sp³-hybridized carbons (Fsp3) is 0.375. The van der Waals surface area contributed by atoms with Gasteiger partial charge < -0.3 is 11.1 Å². The predicted octanol–water partition coefficient (Wildman–Crippen LogP) is 2.29. The average molecular weight is 479 g/mol. The van der Waals surface area contributed by atoms with Crippen molar-refractivity contribution >= 4 is 18.1 Å².